The van der Waals surface area contributed by atoms with Gasteiger partial charge in [0.25, 0.3) is 0 Å². The molecule has 19 heavy (non-hydrogen) atoms. The third-order valence-electron chi connectivity index (χ3n) is 2.34. The lowest BCUT2D eigenvalue weighted by Crippen LogP contribution is -2.20. The first-order valence-corrected chi connectivity index (χ1v) is 5.57. The second-order valence-electron chi connectivity index (χ2n) is 3.62. The fraction of sp³-hybridized carbons (Fsp3) is 0.0714. The third-order valence-corrected chi connectivity index (χ3v) is 2.34. The number of amides is 1. The van der Waals surface area contributed by atoms with E-state index in [9.17, 15) is 4.79 Å². The van der Waals surface area contributed by atoms with Gasteiger partial charge >= 0.3 is 6.09 Å². The van der Waals surface area contributed by atoms with Gasteiger partial charge in [0.1, 0.15) is 0 Å². The summed E-state index contributed by atoms with van der Waals surface area (Å²) in [6.45, 7) is 0.0801. The van der Waals surface area contributed by atoms with E-state index in [1.807, 2.05) is 18.2 Å². The molecule has 0 aliphatic heterocycles. The second kappa shape index (κ2) is 6.17. The fourth-order valence-corrected chi connectivity index (χ4v) is 1.53. The Bertz CT molecular complexity index is 630. The number of hydrogen-bond acceptors (Lipinski definition) is 3. The molecule has 0 saturated heterocycles. The Balaban J connectivity index is 2.24. The van der Waals surface area contributed by atoms with Gasteiger partial charge in [0.15, 0.2) is 0 Å². The number of nitrogens with zero attached hydrogens (tertiary/aromatic N) is 2. The largest absolute Gasteiger partial charge is 0.465 e. The minimum atomic E-state index is -1.09. The van der Waals surface area contributed by atoms with Gasteiger partial charge in [-0.3, -0.25) is 9.97 Å². The number of pyridine rings is 2. The molecule has 1 amide bonds. The molecule has 0 aromatic carbocycles. The highest BCUT2D eigenvalue weighted by Gasteiger charge is 2.02. The van der Waals surface area contributed by atoms with E-state index in [0.29, 0.717) is 0 Å². The lowest BCUT2D eigenvalue weighted by Gasteiger charge is -2.02. The maximum absolute atomic E-state index is 10.3. The molecule has 94 valence electrons. The molecule has 2 heterocycles. The topological polar surface area (TPSA) is 75.1 Å². The summed E-state index contributed by atoms with van der Waals surface area (Å²) in [6.07, 6.45) is 5.69. The molecule has 2 rings (SSSR count). The summed E-state index contributed by atoms with van der Waals surface area (Å²) in [5.74, 6) is 5.64. The summed E-state index contributed by atoms with van der Waals surface area (Å²) in [5.41, 5.74) is 2.61. The average Bonchev–Trinajstić information content (AvgIpc) is 2.45. The van der Waals surface area contributed by atoms with E-state index in [2.05, 4.69) is 27.1 Å². The van der Waals surface area contributed by atoms with Crippen molar-refractivity contribution < 1.29 is 9.90 Å². The van der Waals surface area contributed by atoms with Crippen LogP contribution in [0.4, 0.5) is 4.79 Å². The highest BCUT2D eigenvalue weighted by Crippen LogP contribution is 2.20. The number of aromatic nitrogens is 2. The van der Waals surface area contributed by atoms with E-state index in [4.69, 9.17) is 5.11 Å². The molecule has 0 radical (unpaired) electrons. The van der Waals surface area contributed by atoms with Gasteiger partial charge in [-0.2, -0.15) is 0 Å². The van der Waals surface area contributed by atoms with E-state index in [-0.39, 0.29) is 6.54 Å². The zero-order valence-electron chi connectivity index (χ0n) is 10.00. The summed E-state index contributed by atoms with van der Waals surface area (Å²) in [7, 11) is 0. The van der Waals surface area contributed by atoms with Crippen molar-refractivity contribution in [3.8, 4) is 23.0 Å². The maximum atomic E-state index is 10.3. The molecule has 0 saturated carbocycles. The molecule has 0 aliphatic carbocycles. The van der Waals surface area contributed by atoms with Gasteiger partial charge in [-0.15, -0.1) is 0 Å². The monoisotopic (exact) mass is 253 g/mol. The normalized spacial score (nSPS) is 9.26. The number of rotatable bonds is 2. The van der Waals surface area contributed by atoms with Gasteiger partial charge in [-0.1, -0.05) is 17.9 Å². The Morgan fingerprint density at radius 1 is 1.26 bits per heavy atom. The van der Waals surface area contributed by atoms with Crippen LogP contribution in [-0.4, -0.2) is 27.7 Å². The van der Waals surface area contributed by atoms with Gasteiger partial charge in [0.05, 0.1) is 12.1 Å². The molecule has 0 aliphatic rings. The van der Waals surface area contributed by atoms with Crippen molar-refractivity contribution in [2.45, 2.75) is 0 Å². The number of nitrogens with one attached hydrogen (secondary N) is 1. The van der Waals surface area contributed by atoms with Crippen LogP contribution >= 0.6 is 0 Å². The van der Waals surface area contributed by atoms with Crippen LogP contribution in [0.2, 0.25) is 0 Å². The SMILES string of the molecule is O=C(O)NCC#Cc1cnccc1-c1cccnc1. The standard InChI is InChI=1S/C14H11N3O2/c18-14(19)17-7-2-4-12-10-16-8-5-13(12)11-3-1-6-15-9-11/h1,3,5-6,8-10,17H,7H2,(H,18,19). The summed E-state index contributed by atoms with van der Waals surface area (Å²) in [6, 6.07) is 5.63. The van der Waals surface area contributed by atoms with Gasteiger partial charge in [-0.25, -0.2) is 4.79 Å². The Morgan fingerprint density at radius 2 is 2.11 bits per heavy atom. The quantitative estimate of drug-likeness (QED) is 0.800. The molecule has 2 N–H and O–H groups in total. The lowest BCUT2D eigenvalue weighted by atomic mass is 10.0. The van der Waals surface area contributed by atoms with Crippen LogP contribution in [-0.2, 0) is 0 Å². The molecular formula is C14H11N3O2. The summed E-state index contributed by atoms with van der Waals surface area (Å²) < 4.78 is 0. The highest BCUT2D eigenvalue weighted by molar-refractivity contribution is 5.69. The van der Waals surface area contributed by atoms with E-state index in [0.717, 1.165) is 16.7 Å². The van der Waals surface area contributed by atoms with E-state index >= 15 is 0 Å². The second-order valence-corrected chi connectivity index (χ2v) is 3.62. The molecular weight excluding hydrogens is 242 g/mol. The molecule has 0 unspecified atom stereocenters. The van der Waals surface area contributed by atoms with Crippen LogP contribution in [0.5, 0.6) is 0 Å². The minimum absolute atomic E-state index is 0.0801. The van der Waals surface area contributed by atoms with Crippen molar-refractivity contribution in [3.05, 3.63) is 48.5 Å². The van der Waals surface area contributed by atoms with Crippen molar-refractivity contribution in [2.75, 3.05) is 6.54 Å². The molecule has 2 aromatic heterocycles. The van der Waals surface area contributed by atoms with Crippen molar-refractivity contribution in [1.29, 1.82) is 0 Å². The van der Waals surface area contributed by atoms with Crippen molar-refractivity contribution in [3.63, 3.8) is 0 Å². The molecule has 5 nitrogen and oxygen atoms in total. The first-order valence-electron chi connectivity index (χ1n) is 5.57. The van der Waals surface area contributed by atoms with Crippen LogP contribution in [0.25, 0.3) is 11.1 Å². The van der Waals surface area contributed by atoms with Gasteiger partial charge in [0, 0.05) is 35.9 Å². The lowest BCUT2D eigenvalue weighted by molar-refractivity contribution is 0.196. The number of hydrogen-bond donors (Lipinski definition) is 2. The third kappa shape index (κ3) is 3.54. The summed E-state index contributed by atoms with van der Waals surface area (Å²) in [5, 5.41) is 10.6. The molecule has 2 aromatic rings. The van der Waals surface area contributed by atoms with Crippen LogP contribution in [0.15, 0.2) is 43.0 Å². The zero-order chi connectivity index (χ0) is 13.5. The van der Waals surface area contributed by atoms with Crippen molar-refractivity contribution in [2.24, 2.45) is 0 Å². The first kappa shape index (κ1) is 12.6. The van der Waals surface area contributed by atoms with Gasteiger partial charge < -0.3 is 10.4 Å². The Labute approximate surface area is 110 Å². The molecule has 5 heteroatoms. The Hall–Kier alpha value is -2.87. The fourth-order valence-electron chi connectivity index (χ4n) is 1.53. The van der Waals surface area contributed by atoms with Crippen molar-refractivity contribution >= 4 is 6.09 Å². The van der Waals surface area contributed by atoms with Crippen LogP contribution in [0, 0.1) is 11.8 Å². The molecule has 0 atom stereocenters. The van der Waals surface area contributed by atoms with E-state index < -0.39 is 6.09 Å². The highest BCUT2D eigenvalue weighted by atomic mass is 16.4. The first-order chi connectivity index (χ1) is 9.27. The number of carbonyl (C=O) groups is 1. The van der Waals surface area contributed by atoms with Crippen molar-refractivity contribution in [1.82, 2.24) is 15.3 Å². The van der Waals surface area contributed by atoms with E-state index in [1.54, 1.807) is 24.8 Å². The maximum Gasteiger partial charge on any atom is 0.405 e. The summed E-state index contributed by atoms with van der Waals surface area (Å²) >= 11 is 0. The minimum Gasteiger partial charge on any atom is -0.465 e. The number of carboxylic acid groups (broad SMARTS) is 1. The zero-order valence-corrected chi connectivity index (χ0v) is 10.00. The van der Waals surface area contributed by atoms with Crippen LogP contribution in [0.3, 0.4) is 0 Å². The average molecular weight is 253 g/mol. The van der Waals surface area contributed by atoms with Gasteiger partial charge in [-0.05, 0) is 12.1 Å². The van der Waals surface area contributed by atoms with E-state index in [1.165, 1.54) is 0 Å². The Morgan fingerprint density at radius 3 is 2.84 bits per heavy atom. The van der Waals surface area contributed by atoms with Crippen LogP contribution < -0.4 is 5.32 Å². The molecule has 0 bridgehead atoms. The smallest absolute Gasteiger partial charge is 0.405 e. The predicted molar refractivity (Wildman–Crippen MR) is 70.4 cm³/mol. The Kier molecular flexibility index (Phi) is 4.09. The summed E-state index contributed by atoms with van der Waals surface area (Å²) in [4.78, 5) is 18.4. The predicted octanol–water partition coefficient (Wildman–Crippen LogP) is 1.76. The molecule has 0 fully saturated rings. The molecule has 0 spiro atoms. The van der Waals surface area contributed by atoms with Crippen LogP contribution in [0.1, 0.15) is 5.56 Å². The van der Waals surface area contributed by atoms with Gasteiger partial charge in [0.2, 0.25) is 0 Å².